The second-order valence-corrected chi connectivity index (χ2v) is 9.39. The number of aryl methyl sites for hydroxylation is 2. The summed E-state index contributed by atoms with van der Waals surface area (Å²) < 4.78 is 36.2. The third-order valence-corrected chi connectivity index (χ3v) is 8.20. The zero-order chi connectivity index (χ0) is 17.1. The highest BCUT2D eigenvalue weighted by molar-refractivity contribution is 7.89. The van der Waals surface area contributed by atoms with Gasteiger partial charge in [0, 0.05) is 31.5 Å². The fourth-order valence-electron chi connectivity index (χ4n) is 4.98. The maximum absolute atomic E-state index is 12.9. The van der Waals surface area contributed by atoms with Gasteiger partial charge < -0.3 is 4.74 Å². The Bertz CT molecular complexity index is 737. The number of rotatable bonds is 4. The fraction of sp³-hybridized carbons (Fsp3) is 0.812. The summed E-state index contributed by atoms with van der Waals surface area (Å²) in [4.78, 5) is 0.110. The molecule has 1 aromatic heterocycles. The number of fused-ring (bicyclic) bond motifs is 1. The molecule has 6 nitrogen and oxygen atoms in total. The number of sulfonamides is 1. The van der Waals surface area contributed by atoms with Gasteiger partial charge in [-0.25, -0.2) is 13.1 Å². The van der Waals surface area contributed by atoms with Crippen LogP contribution in [-0.4, -0.2) is 37.0 Å². The van der Waals surface area contributed by atoms with Crippen LogP contribution in [-0.2, 0) is 21.8 Å². The molecule has 4 atom stereocenters. The third-order valence-electron chi connectivity index (χ3n) is 6.04. The standard InChI is InChI=1S/C16H24ClN3O3S/c1-9-15(16(17)20(2)18-9)24(21,22)19-13-11-7-8-23-14(11)12(13)10-5-3-4-6-10/h10-14,19H,3-8H2,1-2H3/t11-,12+,13+,14-/m0/s1. The van der Waals surface area contributed by atoms with Crippen molar-refractivity contribution in [3.8, 4) is 0 Å². The van der Waals surface area contributed by atoms with Crippen molar-refractivity contribution in [2.24, 2.45) is 24.8 Å². The highest BCUT2D eigenvalue weighted by Crippen LogP contribution is 2.51. The smallest absolute Gasteiger partial charge is 0.245 e. The van der Waals surface area contributed by atoms with Crippen molar-refractivity contribution in [1.29, 1.82) is 0 Å². The number of ether oxygens (including phenoxy) is 1. The maximum atomic E-state index is 12.9. The topological polar surface area (TPSA) is 73.2 Å². The minimum Gasteiger partial charge on any atom is -0.377 e. The monoisotopic (exact) mass is 373 g/mol. The van der Waals surface area contributed by atoms with Crippen molar-refractivity contribution in [3.63, 3.8) is 0 Å². The van der Waals surface area contributed by atoms with Gasteiger partial charge in [-0.1, -0.05) is 37.3 Å². The number of halogens is 1. The average molecular weight is 374 g/mol. The van der Waals surface area contributed by atoms with E-state index in [1.165, 1.54) is 30.4 Å². The zero-order valence-electron chi connectivity index (χ0n) is 14.0. The van der Waals surface area contributed by atoms with Crippen LogP contribution in [0.1, 0.15) is 37.8 Å². The van der Waals surface area contributed by atoms with Crippen LogP contribution in [0.3, 0.4) is 0 Å². The number of nitrogens with zero attached hydrogens (tertiary/aromatic N) is 2. The van der Waals surface area contributed by atoms with Crippen LogP contribution in [0.5, 0.6) is 0 Å². The van der Waals surface area contributed by atoms with E-state index in [2.05, 4.69) is 9.82 Å². The molecule has 0 aromatic carbocycles. The molecule has 0 amide bonds. The van der Waals surface area contributed by atoms with Gasteiger partial charge in [-0.2, -0.15) is 5.10 Å². The first kappa shape index (κ1) is 16.8. The Hall–Kier alpha value is -0.630. The van der Waals surface area contributed by atoms with E-state index in [9.17, 15) is 8.42 Å². The van der Waals surface area contributed by atoms with E-state index in [1.807, 2.05) is 0 Å². The van der Waals surface area contributed by atoms with Crippen LogP contribution >= 0.6 is 11.6 Å². The van der Waals surface area contributed by atoms with Gasteiger partial charge in [-0.3, -0.25) is 4.68 Å². The van der Waals surface area contributed by atoms with Crippen LogP contribution in [0.2, 0.25) is 5.15 Å². The first-order valence-electron chi connectivity index (χ1n) is 8.73. The van der Waals surface area contributed by atoms with Crippen LogP contribution in [0.25, 0.3) is 0 Å². The molecule has 0 radical (unpaired) electrons. The Kier molecular flexibility index (Phi) is 4.18. The van der Waals surface area contributed by atoms with Crippen LogP contribution in [0.4, 0.5) is 0 Å². The molecule has 2 saturated carbocycles. The molecule has 0 unspecified atom stereocenters. The molecule has 2 aliphatic carbocycles. The molecule has 0 spiro atoms. The van der Waals surface area contributed by atoms with Crippen LogP contribution in [0.15, 0.2) is 4.90 Å². The number of nitrogens with one attached hydrogen (secondary N) is 1. The van der Waals surface area contributed by atoms with Crippen molar-refractivity contribution in [3.05, 3.63) is 10.8 Å². The molecule has 0 bridgehead atoms. The minimum absolute atomic E-state index is 0.0405. The Morgan fingerprint density at radius 1 is 1.29 bits per heavy atom. The quantitative estimate of drug-likeness (QED) is 0.878. The Labute approximate surface area is 147 Å². The first-order chi connectivity index (χ1) is 11.4. The van der Waals surface area contributed by atoms with Crippen molar-refractivity contribution in [2.45, 2.75) is 56.1 Å². The van der Waals surface area contributed by atoms with Crippen LogP contribution < -0.4 is 4.72 Å². The minimum atomic E-state index is -3.68. The molecule has 8 heteroatoms. The maximum Gasteiger partial charge on any atom is 0.245 e. The van der Waals surface area contributed by atoms with E-state index < -0.39 is 10.0 Å². The molecule has 24 heavy (non-hydrogen) atoms. The molecule has 3 fully saturated rings. The molecule has 134 valence electrons. The van der Waals surface area contributed by atoms with Gasteiger partial charge in [0.25, 0.3) is 0 Å². The van der Waals surface area contributed by atoms with E-state index in [4.69, 9.17) is 16.3 Å². The Morgan fingerprint density at radius 2 is 2.00 bits per heavy atom. The zero-order valence-corrected chi connectivity index (χ0v) is 15.6. The summed E-state index contributed by atoms with van der Waals surface area (Å²) >= 11 is 6.17. The third kappa shape index (κ3) is 2.52. The number of hydrogen-bond donors (Lipinski definition) is 1. The van der Waals surface area contributed by atoms with Gasteiger partial charge >= 0.3 is 0 Å². The largest absolute Gasteiger partial charge is 0.377 e. The van der Waals surface area contributed by atoms with Crippen molar-refractivity contribution in [1.82, 2.24) is 14.5 Å². The Balaban J connectivity index is 1.60. The van der Waals surface area contributed by atoms with E-state index in [0.29, 0.717) is 23.4 Å². The summed E-state index contributed by atoms with van der Waals surface area (Å²) in [6.07, 6.45) is 6.01. The average Bonchev–Trinajstić information content (AvgIpc) is 3.20. The van der Waals surface area contributed by atoms with Crippen molar-refractivity contribution in [2.75, 3.05) is 6.61 Å². The summed E-state index contributed by atoms with van der Waals surface area (Å²) in [6, 6.07) is -0.0405. The fourth-order valence-corrected chi connectivity index (χ4v) is 7.05. The number of hydrogen-bond acceptors (Lipinski definition) is 4. The summed E-state index contributed by atoms with van der Waals surface area (Å²) in [7, 11) is -2.03. The van der Waals surface area contributed by atoms with Gasteiger partial charge in [0.2, 0.25) is 10.0 Å². The molecule has 1 N–H and O–H groups in total. The molecule has 1 aromatic rings. The van der Waals surface area contributed by atoms with Gasteiger partial charge in [-0.05, 0) is 19.3 Å². The molecule has 1 aliphatic heterocycles. The van der Waals surface area contributed by atoms with Crippen molar-refractivity contribution >= 4 is 21.6 Å². The second-order valence-electron chi connectivity index (χ2n) is 7.39. The van der Waals surface area contributed by atoms with Crippen LogP contribution in [0, 0.1) is 24.7 Å². The summed E-state index contributed by atoms with van der Waals surface area (Å²) in [5, 5.41) is 4.29. The lowest BCUT2D eigenvalue weighted by Gasteiger charge is -2.50. The lowest BCUT2D eigenvalue weighted by molar-refractivity contribution is -0.0746. The molecular weight excluding hydrogens is 350 g/mol. The highest BCUT2D eigenvalue weighted by Gasteiger charge is 2.57. The van der Waals surface area contributed by atoms with Crippen molar-refractivity contribution < 1.29 is 13.2 Å². The van der Waals surface area contributed by atoms with E-state index in [1.54, 1.807) is 14.0 Å². The van der Waals surface area contributed by atoms with Gasteiger partial charge in [0.15, 0.2) is 0 Å². The molecule has 4 rings (SSSR count). The second kappa shape index (κ2) is 5.97. The van der Waals surface area contributed by atoms with Gasteiger partial charge in [0.05, 0.1) is 11.8 Å². The molecule has 2 heterocycles. The lowest BCUT2D eigenvalue weighted by atomic mass is 9.62. The summed E-state index contributed by atoms with van der Waals surface area (Å²) in [5.74, 6) is 1.16. The Morgan fingerprint density at radius 3 is 2.62 bits per heavy atom. The predicted molar refractivity (Wildman–Crippen MR) is 90.4 cm³/mol. The summed E-state index contributed by atoms with van der Waals surface area (Å²) in [6.45, 7) is 2.42. The van der Waals surface area contributed by atoms with Gasteiger partial charge in [0.1, 0.15) is 10.0 Å². The highest BCUT2D eigenvalue weighted by atomic mass is 35.5. The predicted octanol–water partition coefficient (Wildman–Crippen LogP) is 2.25. The molecular formula is C16H24ClN3O3S. The lowest BCUT2D eigenvalue weighted by Crippen LogP contribution is -2.63. The molecule has 3 aliphatic rings. The number of aromatic nitrogens is 2. The van der Waals surface area contributed by atoms with E-state index in [0.717, 1.165) is 13.0 Å². The molecule has 1 saturated heterocycles. The normalized spacial score (nSPS) is 33.6. The van der Waals surface area contributed by atoms with E-state index in [-0.39, 0.29) is 22.2 Å². The van der Waals surface area contributed by atoms with Gasteiger partial charge in [-0.15, -0.1) is 0 Å². The summed E-state index contributed by atoms with van der Waals surface area (Å²) in [5.41, 5.74) is 0.436. The SMILES string of the molecule is Cc1nn(C)c(Cl)c1S(=O)(=O)N[C@@H]1[C@@H]2CCO[C@@H]2[C@@H]1C1CCCC1. The van der Waals surface area contributed by atoms with E-state index >= 15 is 0 Å². The first-order valence-corrected chi connectivity index (χ1v) is 10.6.